The first-order valence-corrected chi connectivity index (χ1v) is 11.0. The molecule has 1 saturated carbocycles. The van der Waals surface area contributed by atoms with Crippen LogP contribution in [0.25, 0.3) is 0 Å². The second-order valence-electron chi connectivity index (χ2n) is 8.69. The molecule has 0 saturated heterocycles. The van der Waals surface area contributed by atoms with Gasteiger partial charge in [0, 0.05) is 37.3 Å². The van der Waals surface area contributed by atoms with Gasteiger partial charge >= 0.3 is 0 Å². The van der Waals surface area contributed by atoms with Crippen molar-refractivity contribution >= 4 is 17.7 Å². The van der Waals surface area contributed by atoms with E-state index in [1.54, 1.807) is 0 Å². The maximum absolute atomic E-state index is 13.4. The molecule has 1 fully saturated rings. The number of nitrogens with zero attached hydrogens (tertiary/aromatic N) is 3. The van der Waals surface area contributed by atoms with E-state index in [1.807, 2.05) is 14.1 Å². The smallest absolute Gasteiger partial charge is 0.251 e. The summed E-state index contributed by atoms with van der Waals surface area (Å²) in [6.45, 7) is 0. The molecule has 2 aliphatic rings. The molecule has 1 amide bonds. The summed E-state index contributed by atoms with van der Waals surface area (Å²) in [7, 11) is 4.03. The van der Waals surface area contributed by atoms with Crippen LogP contribution in [0.2, 0.25) is 0 Å². The molecule has 0 radical (unpaired) electrons. The molecule has 2 aliphatic carbocycles. The number of nitrogens with one attached hydrogen (secondary N) is 2. The predicted molar refractivity (Wildman–Crippen MR) is 116 cm³/mol. The minimum Gasteiger partial charge on any atom is -0.362 e. The maximum atomic E-state index is 13.4. The van der Waals surface area contributed by atoms with Gasteiger partial charge in [-0.05, 0) is 69.6 Å². The van der Waals surface area contributed by atoms with E-state index in [-0.39, 0.29) is 23.6 Å². The first kappa shape index (κ1) is 21.5. The van der Waals surface area contributed by atoms with Crippen molar-refractivity contribution in [2.24, 2.45) is 0 Å². The summed E-state index contributed by atoms with van der Waals surface area (Å²) in [5.41, 5.74) is 2.56. The Morgan fingerprint density at radius 2 is 1.71 bits per heavy atom. The van der Waals surface area contributed by atoms with E-state index in [9.17, 15) is 13.6 Å². The second kappa shape index (κ2) is 9.16. The number of hydrogen-bond acceptors (Lipinski definition) is 5. The molecule has 0 spiro atoms. The quantitative estimate of drug-likeness (QED) is 0.756. The van der Waals surface area contributed by atoms with E-state index in [1.165, 1.54) is 24.5 Å². The average molecular weight is 430 g/mol. The van der Waals surface area contributed by atoms with E-state index in [0.717, 1.165) is 62.2 Å². The first-order valence-electron chi connectivity index (χ1n) is 11.0. The van der Waals surface area contributed by atoms with Gasteiger partial charge < -0.3 is 15.5 Å². The summed E-state index contributed by atoms with van der Waals surface area (Å²) in [5, 5.41) is 6.43. The Morgan fingerprint density at radius 1 is 1.00 bits per heavy atom. The molecule has 0 atom stereocenters. The fourth-order valence-corrected chi connectivity index (χ4v) is 4.48. The molecule has 1 aromatic heterocycles. The lowest BCUT2D eigenvalue weighted by Gasteiger charge is -2.30. The molecule has 0 unspecified atom stereocenters. The van der Waals surface area contributed by atoms with Crippen LogP contribution in [-0.4, -0.2) is 42.1 Å². The molecule has 6 nitrogen and oxygen atoms in total. The fraction of sp³-hybridized carbons (Fsp3) is 0.522. The number of carbonyl (C=O) groups is 1. The van der Waals surface area contributed by atoms with E-state index >= 15 is 0 Å². The molecule has 1 aromatic carbocycles. The maximum Gasteiger partial charge on any atom is 0.251 e. The number of carbonyl (C=O) groups excluding carboxylic acids is 1. The van der Waals surface area contributed by atoms with Gasteiger partial charge in [-0.25, -0.2) is 13.8 Å². The van der Waals surface area contributed by atoms with Gasteiger partial charge in [0.05, 0.1) is 5.69 Å². The van der Waals surface area contributed by atoms with Crippen LogP contribution in [0.3, 0.4) is 0 Å². The molecule has 2 N–H and O–H groups in total. The lowest BCUT2D eigenvalue weighted by atomic mass is 9.91. The monoisotopic (exact) mass is 429 g/mol. The van der Waals surface area contributed by atoms with Crippen LogP contribution in [0, 0.1) is 11.6 Å². The minimum atomic E-state index is -1.01. The fourth-order valence-electron chi connectivity index (χ4n) is 4.48. The van der Waals surface area contributed by atoms with E-state index in [4.69, 9.17) is 9.97 Å². The lowest BCUT2D eigenvalue weighted by molar-refractivity contribution is 0.0926. The van der Waals surface area contributed by atoms with Gasteiger partial charge in [0.25, 0.3) is 5.91 Å². The van der Waals surface area contributed by atoms with Crippen molar-refractivity contribution in [1.82, 2.24) is 15.3 Å². The number of anilines is 2. The van der Waals surface area contributed by atoms with Crippen molar-refractivity contribution in [1.29, 1.82) is 0 Å². The van der Waals surface area contributed by atoms with Crippen molar-refractivity contribution in [2.45, 2.75) is 63.5 Å². The van der Waals surface area contributed by atoms with E-state index in [2.05, 4.69) is 15.5 Å². The number of aromatic nitrogens is 2. The summed E-state index contributed by atoms with van der Waals surface area (Å²) >= 11 is 0. The molecule has 2 aromatic rings. The minimum absolute atomic E-state index is 0.0143. The predicted octanol–water partition coefficient (Wildman–Crippen LogP) is 3.85. The molecule has 8 heteroatoms. The van der Waals surface area contributed by atoms with Crippen molar-refractivity contribution < 1.29 is 13.6 Å². The molecule has 1 heterocycles. The Kier molecular flexibility index (Phi) is 6.34. The van der Waals surface area contributed by atoms with Crippen LogP contribution >= 0.6 is 0 Å². The summed E-state index contributed by atoms with van der Waals surface area (Å²) in [4.78, 5) is 24.0. The van der Waals surface area contributed by atoms with E-state index in [0.29, 0.717) is 5.95 Å². The number of aryl methyl sites for hydroxylation is 1. The SMILES string of the molecule is CN(C)c1nc(NC2CCC(NC(=O)c3ccc(F)c(F)c3)CC2)nc2c1CCCC2. The van der Waals surface area contributed by atoms with Gasteiger partial charge in [-0.2, -0.15) is 4.98 Å². The Labute approximate surface area is 181 Å². The molecule has 166 valence electrons. The van der Waals surface area contributed by atoms with Crippen molar-refractivity contribution in [3.8, 4) is 0 Å². The molecular formula is C23H29F2N5O. The van der Waals surface area contributed by atoms with Crippen LogP contribution in [0.15, 0.2) is 18.2 Å². The van der Waals surface area contributed by atoms with Crippen LogP contribution in [0.5, 0.6) is 0 Å². The van der Waals surface area contributed by atoms with Crippen LogP contribution in [-0.2, 0) is 12.8 Å². The average Bonchev–Trinajstić information content (AvgIpc) is 2.76. The molecule has 31 heavy (non-hydrogen) atoms. The van der Waals surface area contributed by atoms with Crippen LogP contribution < -0.4 is 15.5 Å². The van der Waals surface area contributed by atoms with Crippen LogP contribution in [0.1, 0.15) is 60.1 Å². The van der Waals surface area contributed by atoms with Crippen LogP contribution in [0.4, 0.5) is 20.5 Å². The van der Waals surface area contributed by atoms with Gasteiger partial charge in [-0.15, -0.1) is 0 Å². The highest BCUT2D eigenvalue weighted by molar-refractivity contribution is 5.94. The summed E-state index contributed by atoms with van der Waals surface area (Å²) < 4.78 is 26.5. The summed E-state index contributed by atoms with van der Waals surface area (Å²) in [6, 6.07) is 3.48. The normalized spacial score (nSPS) is 20.6. The number of halogens is 2. The summed E-state index contributed by atoms with van der Waals surface area (Å²) in [6.07, 6.45) is 7.74. The zero-order chi connectivity index (χ0) is 22.0. The molecular weight excluding hydrogens is 400 g/mol. The second-order valence-corrected chi connectivity index (χ2v) is 8.69. The van der Waals surface area contributed by atoms with Crippen molar-refractivity contribution in [3.05, 3.63) is 46.7 Å². The standard InChI is InChI=1S/C23H29F2N5O/c1-30(2)21-17-5-3-4-6-20(17)28-23(29-21)27-16-10-8-15(9-11-16)26-22(31)14-7-12-18(24)19(25)13-14/h7,12-13,15-16H,3-6,8-11H2,1-2H3,(H,26,31)(H,27,28,29). The Hall–Kier alpha value is -2.77. The zero-order valence-electron chi connectivity index (χ0n) is 18.0. The van der Waals surface area contributed by atoms with Crippen molar-refractivity contribution in [2.75, 3.05) is 24.3 Å². The van der Waals surface area contributed by atoms with Gasteiger partial charge in [0.15, 0.2) is 11.6 Å². The van der Waals surface area contributed by atoms with Crippen molar-refractivity contribution in [3.63, 3.8) is 0 Å². The van der Waals surface area contributed by atoms with Gasteiger partial charge in [-0.1, -0.05) is 0 Å². The third-order valence-electron chi connectivity index (χ3n) is 6.16. The lowest BCUT2D eigenvalue weighted by Crippen LogP contribution is -2.40. The Balaban J connectivity index is 1.34. The Morgan fingerprint density at radius 3 is 2.42 bits per heavy atom. The molecule has 0 aliphatic heterocycles. The topological polar surface area (TPSA) is 70.2 Å². The highest BCUT2D eigenvalue weighted by Crippen LogP contribution is 2.29. The van der Waals surface area contributed by atoms with E-state index < -0.39 is 11.6 Å². The third-order valence-corrected chi connectivity index (χ3v) is 6.16. The number of hydrogen-bond donors (Lipinski definition) is 2. The zero-order valence-corrected chi connectivity index (χ0v) is 18.0. The molecule has 4 rings (SSSR count). The number of fused-ring (bicyclic) bond motifs is 1. The highest BCUT2D eigenvalue weighted by atomic mass is 19.2. The first-order chi connectivity index (χ1) is 14.9. The third kappa shape index (κ3) is 4.94. The number of benzene rings is 1. The number of amides is 1. The summed E-state index contributed by atoms with van der Waals surface area (Å²) in [5.74, 6) is -0.657. The molecule has 0 bridgehead atoms. The Bertz CT molecular complexity index is 957. The largest absolute Gasteiger partial charge is 0.362 e. The van der Waals surface area contributed by atoms with Gasteiger partial charge in [0.2, 0.25) is 5.95 Å². The highest BCUT2D eigenvalue weighted by Gasteiger charge is 2.25. The van der Waals surface area contributed by atoms with Gasteiger partial charge in [0.1, 0.15) is 5.82 Å². The number of rotatable bonds is 5. The van der Waals surface area contributed by atoms with Gasteiger partial charge in [-0.3, -0.25) is 4.79 Å².